The summed E-state index contributed by atoms with van der Waals surface area (Å²) in [5.41, 5.74) is 3.78. The zero-order chi connectivity index (χ0) is 29.1. The third-order valence-corrected chi connectivity index (χ3v) is 7.30. The number of aryl methyl sites for hydroxylation is 1. The Kier molecular flexibility index (Phi) is 8.17. The summed E-state index contributed by atoms with van der Waals surface area (Å²) >= 11 is 6.56. The fraction of sp³-hybridized carbons (Fsp3) is 0.355. The summed E-state index contributed by atoms with van der Waals surface area (Å²) in [6.45, 7) is 7.63. The van der Waals surface area contributed by atoms with E-state index in [1.54, 1.807) is 30.5 Å². The molecule has 0 radical (unpaired) electrons. The number of carbonyl (C=O) groups is 2. The Morgan fingerprint density at radius 1 is 1.05 bits per heavy atom. The van der Waals surface area contributed by atoms with Crippen LogP contribution in [0.1, 0.15) is 62.5 Å². The number of para-hydroxylation sites is 1. The highest BCUT2D eigenvalue weighted by molar-refractivity contribution is 6.33. The van der Waals surface area contributed by atoms with E-state index in [1.165, 1.54) is 0 Å². The number of hydrogen-bond acceptors (Lipinski definition) is 6. The molecule has 10 heteroatoms. The number of carbonyl (C=O) groups excluding carboxylic acids is 2. The van der Waals surface area contributed by atoms with Crippen LogP contribution in [-0.4, -0.2) is 44.6 Å². The Balaban J connectivity index is 1.21. The van der Waals surface area contributed by atoms with Crippen LogP contribution in [0.5, 0.6) is 5.75 Å². The summed E-state index contributed by atoms with van der Waals surface area (Å²) in [7, 11) is 0. The molecule has 2 heterocycles. The highest BCUT2D eigenvalue weighted by Gasteiger charge is 2.25. The molecule has 214 valence electrons. The van der Waals surface area contributed by atoms with Crippen LogP contribution in [0.15, 0.2) is 54.7 Å². The number of nitrogens with one attached hydrogen (secondary N) is 4. The number of ether oxygens (including phenoxy) is 1. The van der Waals surface area contributed by atoms with Crippen molar-refractivity contribution in [2.45, 2.75) is 71.0 Å². The van der Waals surface area contributed by atoms with E-state index in [0.717, 1.165) is 47.8 Å². The van der Waals surface area contributed by atoms with Gasteiger partial charge in [0.1, 0.15) is 5.75 Å². The van der Waals surface area contributed by atoms with Crippen molar-refractivity contribution in [2.75, 3.05) is 5.32 Å². The van der Waals surface area contributed by atoms with Crippen LogP contribution in [0.3, 0.4) is 0 Å². The smallest absolute Gasteiger partial charge is 0.410 e. The number of nitrogens with zero attached hydrogens (tertiary/aromatic N) is 2. The van der Waals surface area contributed by atoms with E-state index in [1.807, 2.05) is 45.9 Å². The Bertz CT molecular complexity index is 1560. The van der Waals surface area contributed by atoms with Crippen LogP contribution < -0.4 is 20.7 Å². The van der Waals surface area contributed by atoms with Crippen molar-refractivity contribution in [2.24, 2.45) is 0 Å². The van der Waals surface area contributed by atoms with Crippen LogP contribution >= 0.6 is 11.6 Å². The molecule has 1 aliphatic rings. The third kappa shape index (κ3) is 6.97. The molecule has 0 spiro atoms. The summed E-state index contributed by atoms with van der Waals surface area (Å²) in [4.78, 5) is 37.6. The van der Waals surface area contributed by atoms with E-state index in [-0.39, 0.29) is 18.0 Å². The average molecular weight is 575 g/mol. The molecule has 4 N–H and O–H groups in total. The van der Waals surface area contributed by atoms with Gasteiger partial charge in [0.05, 0.1) is 16.9 Å². The summed E-state index contributed by atoms with van der Waals surface area (Å²) < 4.78 is 5.30. The van der Waals surface area contributed by atoms with Gasteiger partial charge in [-0.2, -0.15) is 0 Å². The van der Waals surface area contributed by atoms with E-state index in [4.69, 9.17) is 21.3 Å². The van der Waals surface area contributed by atoms with Gasteiger partial charge in [0, 0.05) is 45.3 Å². The first kappa shape index (κ1) is 28.4. The third-order valence-electron chi connectivity index (χ3n) is 7.02. The van der Waals surface area contributed by atoms with Crippen molar-refractivity contribution in [3.05, 3.63) is 71.0 Å². The van der Waals surface area contributed by atoms with E-state index >= 15 is 0 Å². The zero-order valence-corrected chi connectivity index (χ0v) is 24.4. The van der Waals surface area contributed by atoms with Gasteiger partial charge in [0.25, 0.3) is 5.91 Å². The molecule has 2 aromatic carbocycles. The number of H-pyrrole nitrogens is 1. The molecule has 2 atom stereocenters. The van der Waals surface area contributed by atoms with Gasteiger partial charge < -0.3 is 25.7 Å². The summed E-state index contributed by atoms with van der Waals surface area (Å²) in [5, 5.41) is 10.9. The second-order valence-corrected chi connectivity index (χ2v) is 11.9. The van der Waals surface area contributed by atoms with Crippen molar-refractivity contribution in [1.29, 1.82) is 0 Å². The molecular formula is C31H35ClN6O3. The first-order valence-electron chi connectivity index (χ1n) is 13.8. The number of anilines is 1. The van der Waals surface area contributed by atoms with E-state index in [2.05, 4.69) is 32.0 Å². The number of amides is 2. The Hall–Kier alpha value is -4.11. The Labute approximate surface area is 244 Å². The zero-order valence-electron chi connectivity index (χ0n) is 23.7. The van der Waals surface area contributed by atoms with Crippen molar-refractivity contribution >= 4 is 40.5 Å². The number of rotatable bonds is 6. The number of benzene rings is 2. The quantitative estimate of drug-likeness (QED) is 0.205. The van der Waals surface area contributed by atoms with Crippen molar-refractivity contribution in [1.82, 2.24) is 25.6 Å². The highest BCUT2D eigenvalue weighted by atomic mass is 35.5. The Morgan fingerprint density at radius 2 is 1.78 bits per heavy atom. The molecule has 0 unspecified atom stereocenters. The minimum absolute atomic E-state index is 0.00451. The first-order valence-corrected chi connectivity index (χ1v) is 14.2. The molecule has 4 aromatic rings. The van der Waals surface area contributed by atoms with Gasteiger partial charge in [0.2, 0.25) is 5.95 Å². The Morgan fingerprint density at radius 3 is 2.54 bits per heavy atom. The topological polar surface area (TPSA) is 121 Å². The number of hydrogen-bond donors (Lipinski definition) is 4. The molecule has 41 heavy (non-hydrogen) atoms. The van der Waals surface area contributed by atoms with Crippen LogP contribution in [0.2, 0.25) is 5.02 Å². The molecule has 1 saturated carbocycles. The maximum Gasteiger partial charge on any atom is 0.413 e. The van der Waals surface area contributed by atoms with Crippen LogP contribution in [0, 0.1) is 6.92 Å². The van der Waals surface area contributed by atoms with Crippen molar-refractivity contribution in [3.8, 4) is 17.0 Å². The summed E-state index contributed by atoms with van der Waals surface area (Å²) in [5.74, 6) is 0.716. The number of halogens is 1. The molecule has 1 aliphatic carbocycles. The van der Waals surface area contributed by atoms with Gasteiger partial charge >= 0.3 is 6.09 Å². The largest absolute Gasteiger partial charge is 0.413 e. The van der Waals surface area contributed by atoms with Gasteiger partial charge in [-0.15, -0.1) is 0 Å². The maximum absolute atomic E-state index is 13.0. The molecular weight excluding hydrogens is 540 g/mol. The minimum Gasteiger partial charge on any atom is -0.410 e. The van der Waals surface area contributed by atoms with E-state index in [0.29, 0.717) is 28.0 Å². The molecule has 5 rings (SSSR count). The standard InChI is InChI=1S/C31H35ClN6O3/c1-18-26(23-10-5-6-11-25(23)34-18)27-24(32)17-33-29(37-27)36-21-9-7-8-20(16-21)35-28(39)19-12-14-22(15-13-19)41-30(40)38-31(2,3)4/h5-6,10-15,17,20-21,34H,7-9,16H2,1-4H3,(H,35,39)(H,38,40)(H,33,36,37)/t20-,21+/m0/s1. The fourth-order valence-corrected chi connectivity index (χ4v) is 5.40. The molecule has 0 aliphatic heterocycles. The summed E-state index contributed by atoms with van der Waals surface area (Å²) in [6, 6.07) is 14.7. The van der Waals surface area contributed by atoms with Crippen LogP contribution in [0.4, 0.5) is 10.7 Å². The lowest BCUT2D eigenvalue weighted by molar-refractivity contribution is 0.0926. The van der Waals surface area contributed by atoms with Gasteiger partial charge in [-0.05, 0) is 83.7 Å². The molecule has 2 amide bonds. The predicted molar refractivity (Wildman–Crippen MR) is 162 cm³/mol. The monoisotopic (exact) mass is 574 g/mol. The molecule has 1 fully saturated rings. The maximum atomic E-state index is 13.0. The predicted octanol–water partition coefficient (Wildman–Crippen LogP) is 6.63. The van der Waals surface area contributed by atoms with Gasteiger partial charge in [-0.3, -0.25) is 4.79 Å². The average Bonchev–Trinajstić information content (AvgIpc) is 3.25. The lowest BCUT2D eigenvalue weighted by Crippen LogP contribution is -2.42. The summed E-state index contributed by atoms with van der Waals surface area (Å²) in [6.07, 6.45) is 4.63. The number of aromatic nitrogens is 3. The lowest BCUT2D eigenvalue weighted by Gasteiger charge is -2.30. The van der Waals surface area contributed by atoms with Crippen molar-refractivity contribution in [3.63, 3.8) is 0 Å². The van der Waals surface area contributed by atoms with Gasteiger partial charge in [-0.25, -0.2) is 14.8 Å². The van der Waals surface area contributed by atoms with E-state index in [9.17, 15) is 9.59 Å². The first-order chi connectivity index (χ1) is 19.6. The molecule has 0 saturated heterocycles. The highest BCUT2D eigenvalue weighted by Crippen LogP contribution is 2.35. The second-order valence-electron chi connectivity index (χ2n) is 11.5. The number of aromatic amines is 1. The molecule has 9 nitrogen and oxygen atoms in total. The van der Waals surface area contributed by atoms with Gasteiger partial charge in [0.15, 0.2) is 0 Å². The normalized spacial score (nSPS) is 17.2. The van der Waals surface area contributed by atoms with Crippen LogP contribution in [0.25, 0.3) is 22.2 Å². The van der Waals surface area contributed by atoms with Gasteiger partial charge in [-0.1, -0.05) is 29.8 Å². The van der Waals surface area contributed by atoms with Crippen molar-refractivity contribution < 1.29 is 14.3 Å². The molecule has 0 bridgehead atoms. The minimum atomic E-state index is -0.538. The van der Waals surface area contributed by atoms with E-state index < -0.39 is 11.6 Å². The lowest BCUT2D eigenvalue weighted by atomic mass is 9.91. The second kappa shape index (κ2) is 11.8. The van der Waals surface area contributed by atoms with Crippen LogP contribution in [-0.2, 0) is 0 Å². The fourth-order valence-electron chi connectivity index (χ4n) is 5.21. The SMILES string of the molecule is Cc1[nH]c2ccccc2c1-c1nc(N[C@@H]2CCC[C@H](NC(=O)c3ccc(OC(=O)NC(C)(C)C)cc3)C2)ncc1Cl. The molecule has 2 aromatic heterocycles. The number of fused-ring (bicyclic) bond motifs is 1.